The summed E-state index contributed by atoms with van der Waals surface area (Å²) in [5.74, 6) is 2.80. The van der Waals surface area contributed by atoms with Crippen LogP contribution in [0.15, 0.2) is 70.3 Å². The number of carbonyl (C=O) groups is 1. The van der Waals surface area contributed by atoms with Crippen LogP contribution < -0.4 is 14.8 Å². The van der Waals surface area contributed by atoms with Gasteiger partial charge >= 0.3 is 0 Å². The van der Waals surface area contributed by atoms with Crippen LogP contribution in [0.2, 0.25) is 0 Å². The normalized spacial score (nSPS) is 10.8. The Balaban J connectivity index is 1.58. The Kier molecular flexibility index (Phi) is 7.04. The molecule has 0 saturated heterocycles. The number of aromatic amines is 1. The number of furan rings is 1. The molecule has 7 nitrogen and oxygen atoms in total. The maximum Gasteiger partial charge on any atom is 0.230 e. The van der Waals surface area contributed by atoms with Gasteiger partial charge in [0.05, 0.1) is 38.5 Å². The minimum absolute atomic E-state index is 0.0954. The number of nitrogens with zero attached hydrogens (tertiary/aromatic N) is 1. The summed E-state index contributed by atoms with van der Waals surface area (Å²) in [6.45, 7) is 2.40. The number of imidazole rings is 1. The fourth-order valence-corrected chi connectivity index (χ4v) is 4.12. The fraction of sp³-hybridized carbons (Fsp3) is 0.200. The predicted molar refractivity (Wildman–Crippen MR) is 129 cm³/mol. The Morgan fingerprint density at radius 1 is 1.06 bits per heavy atom. The third-order valence-electron chi connectivity index (χ3n) is 5.05. The number of hydrogen-bond donors (Lipinski definition) is 2. The minimum atomic E-state index is -0.0954. The highest BCUT2D eigenvalue weighted by molar-refractivity contribution is 8.00. The highest BCUT2D eigenvalue weighted by atomic mass is 32.2. The number of ether oxygens (including phenoxy) is 2. The lowest BCUT2D eigenvalue weighted by Crippen LogP contribution is -2.24. The molecule has 2 N–H and O–H groups in total. The number of H-pyrrole nitrogens is 1. The molecule has 170 valence electrons. The highest BCUT2D eigenvalue weighted by Crippen LogP contribution is 2.35. The first-order chi connectivity index (χ1) is 16.1. The Bertz CT molecular complexity index is 1220. The largest absolute Gasteiger partial charge is 0.493 e. The lowest BCUT2D eigenvalue weighted by molar-refractivity contribution is -0.118. The molecule has 2 heterocycles. The predicted octanol–water partition coefficient (Wildman–Crippen LogP) is 5.07. The molecule has 2 aromatic heterocycles. The van der Waals surface area contributed by atoms with Crippen LogP contribution in [0.25, 0.3) is 22.6 Å². The summed E-state index contributed by atoms with van der Waals surface area (Å²) in [5.41, 5.74) is 3.89. The standard InChI is InChI=1S/C25H25N3O4S/c1-16-6-8-17(9-7-16)23-25(33-15-22(29)26-14-19-5-4-12-32-19)28-24(27-23)18-10-11-20(30-2)21(13-18)31-3/h4-13H,14-15H2,1-3H3,(H,26,29)(H,27,28). The van der Waals surface area contributed by atoms with Crippen molar-refractivity contribution in [2.75, 3.05) is 20.0 Å². The summed E-state index contributed by atoms with van der Waals surface area (Å²) < 4.78 is 16.0. The molecule has 4 rings (SSSR count). The van der Waals surface area contributed by atoms with E-state index in [1.807, 2.05) is 43.3 Å². The van der Waals surface area contributed by atoms with Gasteiger partial charge in [-0.05, 0) is 37.3 Å². The number of aryl methyl sites for hydroxylation is 1. The van der Waals surface area contributed by atoms with E-state index in [9.17, 15) is 4.79 Å². The molecule has 2 aromatic carbocycles. The number of thioether (sulfide) groups is 1. The fourth-order valence-electron chi connectivity index (χ4n) is 3.28. The first-order valence-electron chi connectivity index (χ1n) is 10.4. The Morgan fingerprint density at radius 2 is 1.82 bits per heavy atom. The number of methoxy groups -OCH3 is 2. The number of benzene rings is 2. The zero-order valence-electron chi connectivity index (χ0n) is 18.7. The summed E-state index contributed by atoms with van der Waals surface area (Å²) in [4.78, 5) is 20.6. The molecule has 0 aliphatic carbocycles. The molecule has 33 heavy (non-hydrogen) atoms. The average Bonchev–Trinajstić information content (AvgIpc) is 3.51. The van der Waals surface area contributed by atoms with Gasteiger partial charge in [0, 0.05) is 11.1 Å². The molecule has 0 aliphatic rings. The van der Waals surface area contributed by atoms with Crippen LogP contribution in [0, 0.1) is 6.92 Å². The van der Waals surface area contributed by atoms with E-state index in [4.69, 9.17) is 18.9 Å². The molecule has 0 radical (unpaired) electrons. The summed E-state index contributed by atoms with van der Waals surface area (Å²) >= 11 is 1.38. The van der Waals surface area contributed by atoms with Gasteiger partial charge < -0.3 is 24.2 Å². The van der Waals surface area contributed by atoms with Gasteiger partial charge in [0.15, 0.2) is 11.5 Å². The zero-order valence-corrected chi connectivity index (χ0v) is 19.5. The van der Waals surface area contributed by atoms with E-state index in [1.165, 1.54) is 17.3 Å². The van der Waals surface area contributed by atoms with Gasteiger partial charge in [0.25, 0.3) is 0 Å². The van der Waals surface area contributed by atoms with Crippen molar-refractivity contribution in [1.29, 1.82) is 0 Å². The second kappa shape index (κ2) is 10.3. The number of rotatable bonds is 9. The topological polar surface area (TPSA) is 89.4 Å². The van der Waals surface area contributed by atoms with Gasteiger partial charge in [-0.3, -0.25) is 4.79 Å². The smallest absolute Gasteiger partial charge is 0.230 e. The Hall–Kier alpha value is -3.65. The second-order valence-corrected chi connectivity index (χ2v) is 8.31. The molecule has 0 saturated carbocycles. The number of hydrogen-bond acceptors (Lipinski definition) is 6. The van der Waals surface area contributed by atoms with E-state index in [-0.39, 0.29) is 11.7 Å². The third-order valence-corrected chi connectivity index (χ3v) is 6.02. The maximum atomic E-state index is 12.4. The SMILES string of the molecule is COc1ccc(-c2nc(SCC(=O)NCc3ccco3)c(-c3ccc(C)cc3)[nH]2)cc1OC. The van der Waals surface area contributed by atoms with Crippen LogP contribution in [-0.4, -0.2) is 35.8 Å². The van der Waals surface area contributed by atoms with Crippen LogP contribution in [0.3, 0.4) is 0 Å². The molecule has 0 unspecified atom stereocenters. The maximum absolute atomic E-state index is 12.4. The monoisotopic (exact) mass is 463 g/mol. The minimum Gasteiger partial charge on any atom is -0.493 e. The molecular weight excluding hydrogens is 438 g/mol. The highest BCUT2D eigenvalue weighted by Gasteiger charge is 2.17. The summed E-state index contributed by atoms with van der Waals surface area (Å²) in [6, 6.07) is 17.5. The van der Waals surface area contributed by atoms with E-state index in [2.05, 4.69) is 22.4 Å². The number of carbonyl (C=O) groups excluding carboxylic acids is 1. The van der Waals surface area contributed by atoms with Gasteiger partial charge in [-0.15, -0.1) is 0 Å². The van der Waals surface area contributed by atoms with Crippen LogP contribution in [-0.2, 0) is 11.3 Å². The summed E-state index contributed by atoms with van der Waals surface area (Å²) in [5, 5.41) is 3.61. The van der Waals surface area contributed by atoms with Gasteiger partial charge in [-0.2, -0.15) is 0 Å². The van der Waals surface area contributed by atoms with Crippen molar-refractivity contribution >= 4 is 17.7 Å². The lowest BCUT2D eigenvalue weighted by Gasteiger charge is -2.08. The van der Waals surface area contributed by atoms with Crippen molar-refractivity contribution in [3.63, 3.8) is 0 Å². The van der Waals surface area contributed by atoms with Gasteiger partial charge in [0.2, 0.25) is 5.91 Å². The molecule has 0 atom stereocenters. The molecule has 1 amide bonds. The van der Waals surface area contributed by atoms with E-state index >= 15 is 0 Å². The zero-order chi connectivity index (χ0) is 23.2. The van der Waals surface area contributed by atoms with Crippen molar-refractivity contribution in [1.82, 2.24) is 15.3 Å². The molecule has 0 fully saturated rings. The molecular formula is C25H25N3O4S. The molecule has 4 aromatic rings. The first kappa shape index (κ1) is 22.5. The van der Waals surface area contributed by atoms with Crippen LogP contribution >= 0.6 is 11.8 Å². The van der Waals surface area contributed by atoms with E-state index in [0.717, 1.165) is 21.8 Å². The molecule has 0 bridgehead atoms. The van der Waals surface area contributed by atoms with Crippen molar-refractivity contribution in [2.24, 2.45) is 0 Å². The molecule has 0 spiro atoms. The van der Waals surface area contributed by atoms with Crippen molar-refractivity contribution in [2.45, 2.75) is 18.5 Å². The van der Waals surface area contributed by atoms with E-state index < -0.39 is 0 Å². The van der Waals surface area contributed by atoms with Crippen molar-refractivity contribution in [3.8, 4) is 34.1 Å². The lowest BCUT2D eigenvalue weighted by atomic mass is 10.1. The van der Waals surface area contributed by atoms with E-state index in [0.29, 0.717) is 29.6 Å². The van der Waals surface area contributed by atoms with Crippen LogP contribution in [0.1, 0.15) is 11.3 Å². The number of nitrogens with one attached hydrogen (secondary N) is 2. The van der Waals surface area contributed by atoms with Crippen molar-refractivity contribution < 1.29 is 18.7 Å². The summed E-state index contributed by atoms with van der Waals surface area (Å²) in [6.07, 6.45) is 1.59. The Labute approximate surface area is 196 Å². The van der Waals surface area contributed by atoms with Crippen LogP contribution in [0.5, 0.6) is 11.5 Å². The number of amides is 1. The van der Waals surface area contributed by atoms with Gasteiger partial charge in [-0.1, -0.05) is 41.6 Å². The third kappa shape index (κ3) is 5.40. The van der Waals surface area contributed by atoms with Gasteiger partial charge in [0.1, 0.15) is 16.6 Å². The van der Waals surface area contributed by atoms with Crippen LogP contribution in [0.4, 0.5) is 0 Å². The number of aromatic nitrogens is 2. The quantitative estimate of drug-likeness (QED) is 0.337. The second-order valence-electron chi connectivity index (χ2n) is 7.35. The molecule has 0 aliphatic heterocycles. The first-order valence-corrected chi connectivity index (χ1v) is 11.4. The van der Waals surface area contributed by atoms with Crippen molar-refractivity contribution in [3.05, 3.63) is 72.2 Å². The molecule has 8 heteroatoms. The van der Waals surface area contributed by atoms with Gasteiger partial charge in [-0.25, -0.2) is 4.98 Å². The summed E-state index contributed by atoms with van der Waals surface area (Å²) in [7, 11) is 3.20. The Morgan fingerprint density at radius 3 is 2.52 bits per heavy atom. The average molecular weight is 464 g/mol. The van der Waals surface area contributed by atoms with E-state index in [1.54, 1.807) is 26.5 Å².